The second-order valence-electron chi connectivity index (χ2n) is 6.90. The SMILES string of the molecule is COc1ccc(C[C@H](NC(=O)CCC(=O)N[C@H](C)c2ccccc2)C(N)=O)cc1Cl. The number of benzene rings is 2. The fourth-order valence-corrected chi connectivity index (χ4v) is 3.21. The van der Waals surface area contributed by atoms with Crippen molar-refractivity contribution in [1.82, 2.24) is 10.6 Å². The number of nitrogens with two attached hydrogens (primary N) is 1. The summed E-state index contributed by atoms with van der Waals surface area (Å²) in [6.45, 7) is 1.87. The van der Waals surface area contributed by atoms with Crippen molar-refractivity contribution in [2.75, 3.05) is 7.11 Å². The second kappa shape index (κ2) is 11.2. The van der Waals surface area contributed by atoms with E-state index in [1.54, 1.807) is 18.2 Å². The first-order valence-electron chi connectivity index (χ1n) is 9.55. The fourth-order valence-electron chi connectivity index (χ4n) is 2.93. The minimum atomic E-state index is -0.909. The highest BCUT2D eigenvalue weighted by molar-refractivity contribution is 6.32. The van der Waals surface area contributed by atoms with Crippen LogP contribution in [0.2, 0.25) is 5.02 Å². The number of methoxy groups -OCH3 is 1. The molecule has 0 radical (unpaired) electrons. The van der Waals surface area contributed by atoms with E-state index in [9.17, 15) is 14.4 Å². The van der Waals surface area contributed by atoms with Gasteiger partial charge in [-0.3, -0.25) is 14.4 Å². The molecule has 3 amide bonds. The third kappa shape index (κ3) is 7.08. The van der Waals surface area contributed by atoms with Crippen LogP contribution in [0.3, 0.4) is 0 Å². The zero-order valence-corrected chi connectivity index (χ0v) is 17.7. The van der Waals surface area contributed by atoms with Gasteiger partial charge in [0.25, 0.3) is 0 Å². The van der Waals surface area contributed by atoms with Crippen molar-refractivity contribution in [3.63, 3.8) is 0 Å². The summed E-state index contributed by atoms with van der Waals surface area (Å²) in [6.07, 6.45) is 0.130. The smallest absolute Gasteiger partial charge is 0.240 e. The Kier molecular flexibility index (Phi) is 8.68. The first kappa shape index (κ1) is 23.2. The number of nitrogens with one attached hydrogen (secondary N) is 2. The van der Waals surface area contributed by atoms with E-state index in [4.69, 9.17) is 22.1 Å². The van der Waals surface area contributed by atoms with Gasteiger partial charge in [-0.15, -0.1) is 0 Å². The highest BCUT2D eigenvalue weighted by Gasteiger charge is 2.20. The minimum absolute atomic E-state index is 0.00283. The van der Waals surface area contributed by atoms with Gasteiger partial charge in [0.05, 0.1) is 18.2 Å². The lowest BCUT2D eigenvalue weighted by molar-refractivity contribution is -0.129. The van der Waals surface area contributed by atoms with E-state index in [2.05, 4.69) is 10.6 Å². The summed E-state index contributed by atoms with van der Waals surface area (Å²) in [5.74, 6) is -0.840. The van der Waals surface area contributed by atoms with Crippen LogP contribution in [0.1, 0.15) is 36.9 Å². The zero-order valence-electron chi connectivity index (χ0n) is 17.0. The Morgan fingerprint density at radius 3 is 2.23 bits per heavy atom. The molecule has 7 nitrogen and oxygen atoms in total. The number of rotatable bonds is 10. The number of primary amides is 1. The minimum Gasteiger partial charge on any atom is -0.495 e. The quantitative estimate of drug-likeness (QED) is 0.536. The van der Waals surface area contributed by atoms with E-state index in [-0.39, 0.29) is 31.2 Å². The normalized spacial score (nSPS) is 12.5. The first-order valence-corrected chi connectivity index (χ1v) is 9.93. The number of carbonyl (C=O) groups is 3. The maximum absolute atomic E-state index is 12.2. The van der Waals surface area contributed by atoms with Crippen molar-refractivity contribution < 1.29 is 19.1 Å². The van der Waals surface area contributed by atoms with Gasteiger partial charge in [0.15, 0.2) is 0 Å². The van der Waals surface area contributed by atoms with Crippen LogP contribution in [0.15, 0.2) is 48.5 Å². The lowest BCUT2D eigenvalue weighted by Gasteiger charge is -2.17. The Labute approximate surface area is 180 Å². The molecule has 2 atom stereocenters. The van der Waals surface area contributed by atoms with Crippen LogP contribution in [0, 0.1) is 0 Å². The van der Waals surface area contributed by atoms with Crippen LogP contribution >= 0.6 is 11.6 Å². The summed E-state index contributed by atoms with van der Waals surface area (Å²) in [5.41, 5.74) is 7.12. The van der Waals surface area contributed by atoms with Crippen LogP contribution in [0.4, 0.5) is 0 Å². The van der Waals surface area contributed by atoms with Gasteiger partial charge in [0, 0.05) is 19.3 Å². The van der Waals surface area contributed by atoms with Crippen molar-refractivity contribution in [2.24, 2.45) is 5.73 Å². The average molecular weight is 432 g/mol. The van der Waals surface area contributed by atoms with Crippen molar-refractivity contribution in [1.29, 1.82) is 0 Å². The summed E-state index contributed by atoms with van der Waals surface area (Å²) >= 11 is 6.10. The van der Waals surface area contributed by atoms with E-state index >= 15 is 0 Å². The molecule has 0 aliphatic heterocycles. The Bertz CT molecular complexity index is 889. The van der Waals surface area contributed by atoms with Gasteiger partial charge in [-0.05, 0) is 30.2 Å². The van der Waals surface area contributed by atoms with Crippen LogP contribution in [0.5, 0.6) is 5.75 Å². The van der Waals surface area contributed by atoms with E-state index in [0.717, 1.165) is 11.1 Å². The molecule has 0 saturated carbocycles. The third-order valence-corrected chi connectivity index (χ3v) is 4.89. The van der Waals surface area contributed by atoms with E-state index in [1.165, 1.54) is 7.11 Å². The van der Waals surface area contributed by atoms with Crippen molar-refractivity contribution in [3.05, 3.63) is 64.7 Å². The monoisotopic (exact) mass is 431 g/mol. The Hall–Kier alpha value is -3.06. The molecule has 8 heteroatoms. The maximum Gasteiger partial charge on any atom is 0.240 e. The molecule has 4 N–H and O–H groups in total. The summed E-state index contributed by atoms with van der Waals surface area (Å²) in [6, 6.07) is 13.5. The predicted octanol–water partition coefficient (Wildman–Crippen LogP) is 2.52. The third-order valence-electron chi connectivity index (χ3n) is 4.59. The molecule has 160 valence electrons. The molecule has 2 aromatic rings. The number of halogens is 1. The van der Waals surface area contributed by atoms with Gasteiger partial charge < -0.3 is 21.1 Å². The van der Waals surface area contributed by atoms with Crippen molar-refractivity contribution >= 4 is 29.3 Å². The molecule has 0 fully saturated rings. The van der Waals surface area contributed by atoms with Gasteiger partial charge >= 0.3 is 0 Å². The molecular formula is C22H26ClN3O4. The Morgan fingerprint density at radius 1 is 1.03 bits per heavy atom. The standard InChI is InChI=1S/C22H26ClN3O4/c1-14(16-6-4-3-5-7-16)25-20(27)10-11-21(28)26-18(22(24)29)13-15-8-9-19(30-2)17(23)12-15/h3-9,12,14,18H,10-11,13H2,1-2H3,(H2,24,29)(H,25,27)(H,26,28)/t14-,18+/m1/s1. The second-order valence-corrected chi connectivity index (χ2v) is 7.30. The van der Waals surface area contributed by atoms with Gasteiger partial charge in [-0.1, -0.05) is 48.0 Å². The van der Waals surface area contributed by atoms with E-state index in [1.807, 2.05) is 37.3 Å². The highest BCUT2D eigenvalue weighted by Crippen LogP contribution is 2.25. The molecule has 0 bridgehead atoms. The molecule has 2 rings (SSSR count). The summed E-state index contributed by atoms with van der Waals surface area (Å²) in [7, 11) is 1.50. The van der Waals surface area contributed by atoms with Crippen LogP contribution < -0.4 is 21.1 Å². The van der Waals surface area contributed by atoms with E-state index in [0.29, 0.717) is 10.8 Å². The molecule has 0 unspecified atom stereocenters. The summed E-state index contributed by atoms with van der Waals surface area (Å²) in [5, 5.41) is 5.83. The van der Waals surface area contributed by atoms with Crippen LogP contribution in [-0.2, 0) is 20.8 Å². The molecule has 2 aromatic carbocycles. The fraction of sp³-hybridized carbons (Fsp3) is 0.318. The van der Waals surface area contributed by atoms with Gasteiger partial charge in [-0.25, -0.2) is 0 Å². The molecule has 0 spiro atoms. The Balaban J connectivity index is 1.85. The molecule has 0 saturated heterocycles. The largest absolute Gasteiger partial charge is 0.495 e. The first-order chi connectivity index (χ1) is 14.3. The lowest BCUT2D eigenvalue weighted by atomic mass is 10.0. The number of hydrogen-bond donors (Lipinski definition) is 3. The highest BCUT2D eigenvalue weighted by atomic mass is 35.5. The summed E-state index contributed by atoms with van der Waals surface area (Å²) in [4.78, 5) is 36.1. The number of carbonyl (C=O) groups excluding carboxylic acids is 3. The molecule has 0 heterocycles. The molecule has 0 aliphatic carbocycles. The molecule has 30 heavy (non-hydrogen) atoms. The summed E-state index contributed by atoms with van der Waals surface area (Å²) < 4.78 is 5.10. The number of hydrogen-bond acceptors (Lipinski definition) is 4. The number of amides is 3. The van der Waals surface area contributed by atoms with Crippen LogP contribution in [0.25, 0.3) is 0 Å². The predicted molar refractivity (Wildman–Crippen MR) is 115 cm³/mol. The Morgan fingerprint density at radius 2 is 1.67 bits per heavy atom. The van der Waals surface area contributed by atoms with E-state index < -0.39 is 17.9 Å². The molecule has 0 aliphatic rings. The van der Waals surface area contributed by atoms with Crippen molar-refractivity contribution in [3.8, 4) is 5.75 Å². The molecule has 0 aromatic heterocycles. The lowest BCUT2D eigenvalue weighted by Crippen LogP contribution is -2.46. The van der Waals surface area contributed by atoms with Gasteiger partial charge in [-0.2, -0.15) is 0 Å². The average Bonchev–Trinajstić information content (AvgIpc) is 2.72. The zero-order chi connectivity index (χ0) is 22.1. The number of ether oxygens (including phenoxy) is 1. The molecular weight excluding hydrogens is 406 g/mol. The van der Waals surface area contributed by atoms with Gasteiger partial charge in [0.1, 0.15) is 11.8 Å². The van der Waals surface area contributed by atoms with Crippen molar-refractivity contribution in [2.45, 2.75) is 38.3 Å². The topological polar surface area (TPSA) is 111 Å². The van der Waals surface area contributed by atoms with Crippen LogP contribution in [-0.4, -0.2) is 30.9 Å². The van der Waals surface area contributed by atoms with Gasteiger partial charge in [0.2, 0.25) is 17.7 Å². The maximum atomic E-state index is 12.2.